The van der Waals surface area contributed by atoms with Crippen LogP contribution in [0.4, 0.5) is 0 Å². The highest BCUT2D eigenvalue weighted by Crippen LogP contribution is 2.18. The maximum Gasteiger partial charge on any atom is 0.168 e. The Bertz CT molecular complexity index is 211. The Kier molecular flexibility index (Phi) is 6.73. The molecule has 1 atom stereocenters. The average Bonchev–Trinajstić information content (AvgIpc) is 2.77. The second kappa shape index (κ2) is 7.85. The Morgan fingerprint density at radius 2 is 2.31 bits per heavy atom. The topological polar surface area (TPSA) is 24.5 Å². The molecule has 0 radical (unpaired) electrons. The summed E-state index contributed by atoms with van der Waals surface area (Å²) in [6.45, 7) is 9.08. The molecule has 1 heterocycles. The molecule has 1 fully saturated rings. The van der Waals surface area contributed by atoms with Gasteiger partial charge in [0, 0.05) is 32.8 Å². The summed E-state index contributed by atoms with van der Waals surface area (Å²) in [5, 5.41) is 4.23. The fraction of sp³-hybridized carbons (Fsp3) is 0.917. The largest absolute Gasteiger partial charge is 0.382 e. The van der Waals surface area contributed by atoms with E-state index in [0.717, 1.165) is 50.3 Å². The number of hydrogen-bond donors (Lipinski definition) is 1. The molecule has 0 aromatic heterocycles. The third kappa shape index (κ3) is 4.66. The van der Waals surface area contributed by atoms with Gasteiger partial charge in [-0.2, -0.15) is 0 Å². The van der Waals surface area contributed by atoms with Crippen LogP contribution in [0.2, 0.25) is 0 Å². The van der Waals surface area contributed by atoms with Crippen molar-refractivity contribution in [1.82, 2.24) is 10.2 Å². The SMILES string of the molecule is CCOCCCNC(=S)N1CCC(CC)C1. The van der Waals surface area contributed by atoms with Crippen LogP contribution in [0, 0.1) is 5.92 Å². The Labute approximate surface area is 105 Å². The van der Waals surface area contributed by atoms with Gasteiger partial charge in [0.2, 0.25) is 0 Å². The molecule has 0 saturated carbocycles. The molecule has 0 spiro atoms. The van der Waals surface area contributed by atoms with Gasteiger partial charge < -0.3 is 15.0 Å². The standard InChI is InChI=1S/C12H24N2OS/c1-3-11-6-8-14(10-11)12(16)13-7-5-9-15-4-2/h11H,3-10H2,1-2H3,(H,13,16). The van der Waals surface area contributed by atoms with Gasteiger partial charge in [-0.15, -0.1) is 0 Å². The van der Waals surface area contributed by atoms with Gasteiger partial charge >= 0.3 is 0 Å². The number of rotatable bonds is 6. The van der Waals surface area contributed by atoms with Crippen molar-refractivity contribution in [2.24, 2.45) is 5.92 Å². The van der Waals surface area contributed by atoms with Crippen LogP contribution in [0.3, 0.4) is 0 Å². The molecule has 0 bridgehead atoms. The molecule has 16 heavy (non-hydrogen) atoms. The van der Waals surface area contributed by atoms with Crippen molar-refractivity contribution in [3.8, 4) is 0 Å². The molecule has 94 valence electrons. The lowest BCUT2D eigenvalue weighted by molar-refractivity contribution is 0.145. The zero-order valence-corrected chi connectivity index (χ0v) is 11.3. The first-order valence-corrected chi connectivity index (χ1v) is 6.79. The summed E-state index contributed by atoms with van der Waals surface area (Å²) in [6.07, 6.45) is 3.58. The van der Waals surface area contributed by atoms with Crippen molar-refractivity contribution in [2.75, 3.05) is 32.8 Å². The van der Waals surface area contributed by atoms with Crippen molar-refractivity contribution in [3.63, 3.8) is 0 Å². The smallest absolute Gasteiger partial charge is 0.168 e. The highest BCUT2D eigenvalue weighted by Gasteiger charge is 2.22. The second-order valence-corrected chi connectivity index (χ2v) is 4.68. The predicted molar refractivity (Wildman–Crippen MR) is 71.7 cm³/mol. The van der Waals surface area contributed by atoms with Crippen LogP contribution in [-0.2, 0) is 4.74 Å². The van der Waals surface area contributed by atoms with E-state index >= 15 is 0 Å². The van der Waals surface area contributed by atoms with Crippen LogP contribution >= 0.6 is 12.2 Å². The maximum atomic E-state index is 5.37. The van der Waals surface area contributed by atoms with E-state index in [1.165, 1.54) is 12.8 Å². The normalized spacial score (nSPS) is 20.1. The summed E-state index contributed by atoms with van der Waals surface area (Å²) in [7, 11) is 0. The number of likely N-dealkylation sites (tertiary alicyclic amines) is 1. The Morgan fingerprint density at radius 3 is 2.94 bits per heavy atom. The summed E-state index contributed by atoms with van der Waals surface area (Å²) in [5.74, 6) is 0.836. The third-order valence-corrected chi connectivity index (χ3v) is 3.50. The second-order valence-electron chi connectivity index (χ2n) is 4.29. The summed E-state index contributed by atoms with van der Waals surface area (Å²) >= 11 is 5.37. The van der Waals surface area contributed by atoms with E-state index in [9.17, 15) is 0 Å². The Morgan fingerprint density at radius 1 is 1.50 bits per heavy atom. The average molecular weight is 244 g/mol. The molecular weight excluding hydrogens is 220 g/mol. The molecule has 0 aromatic carbocycles. The maximum absolute atomic E-state index is 5.37. The minimum Gasteiger partial charge on any atom is -0.382 e. The van der Waals surface area contributed by atoms with E-state index in [-0.39, 0.29) is 0 Å². The van der Waals surface area contributed by atoms with E-state index in [1.807, 2.05) is 6.92 Å². The first-order chi connectivity index (χ1) is 7.77. The molecule has 0 aromatic rings. The summed E-state index contributed by atoms with van der Waals surface area (Å²) in [4.78, 5) is 2.30. The Balaban J connectivity index is 2.06. The number of ether oxygens (including phenoxy) is 1. The van der Waals surface area contributed by atoms with Crippen LogP contribution in [0.15, 0.2) is 0 Å². The molecule has 0 aliphatic carbocycles. The predicted octanol–water partition coefficient (Wildman–Crippen LogP) is 2.02. The summed E-state index contributed by atoms with van der Waals surface area (Å²) in [6, 6.07) is 0. The van der Waals surface area contributed by atoms with Crippen LogP contribution in [-0.4, -0.2) is 42.9 Å². The highest BCUT2D eigenvalue weighted by molar-refractivity contribution is 7.80. The van der Waals surface area contributed by atoms with Crippen molar-refractivity contribution in [2.45, 2.75) is 33.1 Å². The van der Waals surface area contributed by atoms with E-state index in [1.54, 1.807) is 0 Å². The van der Waals surface area contributed by atoms with Gasteiger partial charge in [0.05, 0.1) is 0 Å². The number of nitrogens with one attached hydrogen (secondary N) is 1. The molecular formula is C12H24N2OS. The third-order valence-electron chi connectivity index (χ3n) is 3.10. The molecule has 1 aliphatic rings. The highest BCUT2D eigenvalue weighted by atomic mass is 32.1. The fourth-order valence-electron chi connectivity index (χ4n) is 1.98. The van der Waals surface area contributed by atoms with Crippen LogP contribution in [0.5, 0.6) is 0 Å². The van der Waals surface area contributed by atoms with E-state index in [4.69, 9.17) is 17.0 Å². The van der Waals surface area contributed by atoms with Crippen molar-refractivity contribution < 1.29 is 4.74 Å². The van der Waals surface area contributed by atoms with Crippen molar-refractivity contribution >= 4 is 17.3 Å². The van der Waals surface area contributed by atoms with Gasteiger partial charge in [-0.05, 0) is 37.9 Å². The number of hydrogen-bond acceptors (Lipinski definition) is 2. The molecule has 1 aliphatic heterocycles. The molecule has 1 rings (SSSR count). The summed E-state index contributed by atoms with van der Waals surface area (Å²) < 4.78 is 5.28. The van der Waals surface area contributed by atoms with E-state index in [2.05, 4.69) is 17.1 Å². The van der Waals surface area contributed by atoms with Crippen LogP contribution in [0.25, 0.3) is 0 Å². The molecule has 3 nitrogen and oxygen atoms in total. The molecule has 4 heteroatoms. The molecule has 1 N–H and O–H groups in total. The quantitative estimate of drug-likeness (QED) is 0.571. The first-order valence-electron chi connectivity index (χ1n) is 6.38. The van der Waals surface area contributed by atoms with Crippen LogP contribution < -0.4 is 5.32 Å². The molecule has 1 saturated heterocycles. The Hall–Kier alpha value is -0.350. The molecule has 0 amide bonds. The molecule has 1 unspecified atom stereocenters. The number of nitrogens with zero attached hydrogens (tertiary/aromatic N) is 1. The lowest BCUT2D eigenvalue weighted by Gasteiger charge is -2.20. The minimum absolute atomic E-state index is 0.800. The zero-order chi connectivity index (χ0) is 11.8. The lowest BCUT2D eigenvalue weighted by Crippen LogP contribution is -2.38. The van der Waals surface area contributed by atoms with E-state index in [0.29, 0.717) is 0 Å². The van der Waals surface area contributed by atoms with Crippen LogP contribution in [0.1, 0.15) is 33.1 Å². The van der Waals surface area contributed by atoms with Crippen molar-refractivity contribution in [3.05, 3.63) is 0 Å². The fourth-order valence-corrected chi connectivity index (χ4v) is 2.24. The van der Waals surface area contributed by atoms with Gasteiger partial charge in [-0.25, -0.2) is 0 Å². The van der Waals surface area contributed by atoms with E-state index < -0.39 is 0 Å². The van der Waals surface area contributed by atoms with Gasteiger partial charge in [0.1, 0.15) is 0 Å². The zero-order valence-electron chi connectivity index (χ0n) is 10.5. The number of thiocarbonyl (C=S) groups is 1. The minimum atomic E-state index is 0.800. The summed E-state index contributed by atoms with van der Waals surface area (Å²) in [5.41, 5.74) is 0. The first kappa shape index (κ1) is 13.7. The van der Waals surface area contributed by atoms with Gasteiger partial charge in [-0.1, -0.05) is 13.3 Å². The monoisotopic (exact) mass is 244 g/mol. The lowest BCUT2D eigenvalue weighted by atomic mass is 10.1. The van der Waals surface area contributed by atoms with Gasteiger partial charge in [0.25, 0.3) is 0 Å². The van der Waals surface area contributed by atoms with Gasteiger partial charge in [-0.3, -0.25) is 0 Å². The van der Waals surface area contributed by atoms with Crippen molar-refractivity contribution in [1.29, 1.82) is 0 Å². The van der Waals surface area contributed by atoms with Gasteiger partial charge in [0.15, 0.2) is 5.11 Å².